The van der Waals surface area contributed by atoms with E-state index in [1.54, 1.807) is 11.0 Å². The summed E-state index contributed by atoms with van der Waals surface area (Å²) in [4.78, 5) is 37.8. The van der Waals surface area contributed by atoms with Crippen molar-refractivity contribution in [3.05, 3.63) is 65.2 Å². The lowest BCUT2D eigenvalue weighted by Gasteiger charge is -2.29. The zero-order chi connectivity index (χ0) is 22.3. The number of ether oxygens (including phenoxy) is 1. The van der Waals surface area contributed by atoms with Crippen LogP contribution in [0.5, 0.6) is 5.75 Å². The van der Waals surface area contributed by atoms with Gasteiger partial charge >= 0.3 is 0 Å². The summed E-state index contributed by atoms with van der Waals surface area (Å²) in [6, 6.07) is 15.2. The van der Waals surface area contributed by atoms with E-state index < -0.39 is 11.9 Å². The molecule has 4 rings (SSSR count). The number of fused-ring (bicyclic) bond motifs is 1. The number of amides is 3. The Kier molecular flexibility index (Phi) is 7.17. The van der Waals surface area contributed by atoms with E-state index in [4.69, 9.17) is 4.74 Å². The molecule has 1 saturated heterocycles. The monoisotopic (exact) mass is 435 g/mol. The van der Waals surface area contributed by atoms with Crippen molar-refractivity contribution in [1.82, 2.24) is 15.5 Å². The molecule has 2 heterocycles. The molecule has 1 atom stereocenters. The van der Waals surface area contributed by atoms with Gasteiger partial charge < -0.3 is 15.0 Å². The summed E-state index contributed by atoms with van der Waals surface area (Å²) >= 11 is 0. The maximum atomic E-state index is 12.7. The van der Waals surface area contributed by atoms with Crippen LogP contribution < -0.4 is 15.4 Å². The SMILES string of the molecule is O=C1CCC(N2Cc3cc(OCCCCCNCc4ccccc4)ccc3C2=O)C(=O)N1. The second-order valence-corrected chi connectivity index (χ2v) is 8.29. The molecule has 0 aromatic heterocycles. The zero-order valence-corrected chi connectivity index (χ0v) is 18.1. The second-order valence-electron chi connectivity index (χ2n) is 8.29. The Labute approximate surface area is 188 Å². The molecule has 0 bridgehead atoms. The number of benzene rings is 2. The molecule has 0 radical (unpaired) electrons. The largest absolute Gasteiger partial charge is 0.494 e. The van der Waals surface area contributed by atoms with Crippen molar-refractivity contribution in [3.8, 4) is 5.75 Å². The van der Waals surface area contributed by atoms with E-state index >= 15 is 0 Å². The van der Waals surface area contributed by atoms with Crippen LogP contribution in [0.15, 0.2) is 48.5 Å². The minimum atomic E-state index is -0.590. The Morgan fingerprint density at radius 1 is 1.03 bits per heavy atom. The van der Waals surface area contributed by atoms with Gasteiger partial charge in [-0.3, -0.25) is 19.7 Å². The quantitative estimate of drug-likeness (QED) is 0.443. The third-order valence-electron chi connectivity index (χ3n) is 5.93. The normalized spacial score (nSPS) is 17.9. The lowest BCUT2D eigenvalue weighted by Crippen LogP contribution is -2.52. The summed E-state index contributed by atoms with van der Waals surface area (Å²) in [5.74, 6) is -0.0943. The molecule has 0 saturated carbocycles. The van der Waals surface area contributed by atoms with Crippen LogP contribution in [-0.2, 0) is 22.7 Å². The number of carbonyl (C=O) groups excluding carboxylic acids is 3. The molecule has 2 aliphatic heterocycles. The van der Waals surface area contributed by atoms with Gasteiger partial charge in [-0.05, 0) is 61.6 Å². The van der Waals surface area contributed by atoms with Crippen LogP contribution in [0, 0.1) is 0 Å². The van der Waals surface area contributed by atoms with Crippen molar-refractivity contribution in [3.63, 3.8) is 0 Å². The molecule has 3 amide bonds. The Balaban J connectivity index is 1.17. The van der Waals surface area contributed by atoms with Gasteiger partial charge in [0.2, 0.25) is 11.8 Å². The summed E-state index contributed by atoms with van der Waals surface area (Å²) in [5, 5.41) is 5.78. The molecule has 168 valence electrons. The first-order valence-corrected chi connectivity index (χ1v) is 11.3. The zero-order valence-electron chi connectivity index (χ0n) is 18.1. The van der Waals surface area contributed by atoms with Gasteiger partial charge in [-0.25, -0.2) is 0 Å². The standard InChI is InChI=1S/C25H29N3O4/c29-23-12-11-22(24(30)27-23)28-17-19-15-20(9-10-21(19)25(28)31)32-14-6-2-5-13-26-16-18-7-3-1-4-8-18/h1,3-4,7-10,15,22,26H,2,5-6,11-14,16-17H2,(H,27,29,30). The van der Waals surface area contributed by atoms with Crippen molar-refractivity contribution in [2.24, 2.45) is 0 Å². The molecule has 2 aliphatic rings. The predicted octanol–water partition coefficient (Wildman–Crippen LogP) is 2.79. The van der Waals surface area contributed by atoms with E-state index in [2.05, 4.69) is 34.9 Å². The minimum absolute atomic E-state index is 0.163. The molecule has 7 heteroatoms. The van der Waals surface area contributed by atoms with Crippen molar-refractivity contribution in [2.75, 3.05) is 13.2 Å². The molecule has 0 aliphatic carbocycles. The van der Waals surface area contributed by atoms with Gasteiger partial charge in [0.1, 0.15) is 11.8 Å². The van der Waals surface area contributed by atoms with Gasteiger partial charge in [-0.15, -0.1) is 0 Å². The van der Waals surface area contributed by atoms with Gasteiger partial charge in [-0.1, -0.05) is 30.3 Å². The highest BCUT2D eigenvalue weighted by molar-refractivity contribution is 6.05. The van der Waals surface area contributed by atoms with Gasteiger partial charge in [0.25, 0.3) is 5.91 Å². The fourth-order valence-corrected chi connectivity index (χ4v) is 4.19. The number of carbonyl (C=O) groups is 3. The van der Waals surface area contributed by atoms with E-state index in [0.717, 1.165) is 43.7 Å². The highest BCUT2D eigenvalue weighted by Gasteiger charge is 2.39. The number of nitrogens with one attached hydrogen (secondary N) is 2. The highest BCUT2D eigenvalue weighted by Crippen LogP contribution is 2.30. The molecule has 32 heavy (non-hydrogen) atoms. The highest BCUT2D eigenvalue weighted by atomic mass is 16.5. The van der Waals surface area contributed by atoms with Crippen molar-refractivity contribution < 1.29 is 19.1 Å². The van der Waals surface area contributed by atoms with Crippen LogP contribution in [0.25, 0.3) is 0 Å². The fourth-order valence-electron chi connectivity index (χ4n) is 4.19. The number of hydrogen-bond acceptors (Lipinski definition) is 5. The van der Waals surface area contributed by atoms with E-state index in [0.29, 0.717) is 25.1 Å². The van der Waals surface area contributed by atoms with E-state index in [9.17, 15) is 14.4 Å². The number of hydrogen-bond donors (Lipinski definition) is 2. The van der Waals surface area contributed by atoms with Crippen LogP contribution in [0.3, 0.4) is 0 Å². The lowest BCUT2D eigenvalue weighted by atomic mass is 10.0. The number of piperidine rings is 1. The Bertz CT molecular complexity index is 976. The minimum Gasteiger partial charge on any atom is -0.494 e. The van der Waals surface area contributed by atoms with E-state index in [1.165, 1.54) is 5.56 Å². The second kappa shape index (κ2) is 10.4. The maximum Gasteiger partial charge on any atom is 0.255 e. The first-order chi connectivity index (χ1) is 15.6. The first kappa shape index (κ1) is 22.0. The molecular weight excluding hydrogens is 406 g/mol. The summed E-state index contributed by atoms with van der Waals surface area (Å²) in [6.07, 6.45) is 3.76. The van der Waals surface area contributed by atoms with Crippen molar-refractivity contribution in [2.45, 2.75) is 51.2 Å². The summed E-state index contributed by atoms with van der Waals surface area (Å²) < 4.78 is 5.88. The number of rotatable bonds is 10. The van der Waals surface area contributed by atoms with Crippen LogP contribution >= 0.6 is 0 Å². The summed E-state index contributed by atoms with van der Waals surface area (Å²) in [6.45, 7) is 2.86. The van der Waals surface area contributed by atoms with Crippen LogP contribution in [-0.4, -0.2) is 41.8 Å². The molecule has 1 unspecified atom stereocenters. The van der Waals surface area contributed by atoms with Crippen LogP contribution in [0.2, 0.25) is 0 Å². The first-order valence-electron chi connectivity index (χ1n) is 11.3. The van der Waals surface area contributed by atoms with Gasteiger partial charge in [0.15, 0.2) is 0 Å². The molecule has 2 N–H and O–H groups in total. The van der Waals surface area contributed by atoms with E-state index in [1.807, 2.05) is 18.2 Å². The topological polar surface area (TPSA) is 87.7 Å². The molecule has 0 spiro atoms. The van der Waals surface area contributed by atoms with E-state index in [-0.39, 0.29) is 18.2 Å². The Morgan fingerprint density at radius 2 is 1.88 bits per heavy atom. The molecule has 2 aromatic carbocycles. The third kappa shape index (κ3) is 5.34. The molecule has 2 aromatic rings. The van der Waals surface area contributed by atoms with Crippen molar-refractivity contribution in [1.29, 1.82) is 0 Å². The third-order valence-corrected chi connectivity index (χ3v) is 5.93. The van der Waals surface area contributed by atoms with Crippen LogP contribution in [0.4, 0.5) is 0 Å². The Morgan fingerprint density at radius 3 is 2.69 bits per heavy atom. The number of nitrogens with zero attached hydrogens (tertiary/aromatic N) is 1. The smallest absolute Gasteiger partial charge is 0.255 e. The molecular formula is C25H29N3O4. The fraction of sp³-hybridized carbons (Fsp3) is 0.400. The average molecular weight is 436 g/mol. The van der Waals surface area contributed by atoms with Gasteiger partial charge in [0, 0.05) is 25.1 Å². The lowest BCUT2D eigenvalue weighted by molar-refractivity contribution is -0.136. The molecule has 7 nitrogen and oxygen atoms in total. The average Bonchev–Trinajstić information content (AvgIpc) is 3.12. The molecule has 1 fully saturated rings. The van der Waals surface area contributed by atoms with Crippen LogP contribution in [0.1, 0.15) is 53.6 Å². The predicted molar refractivity (Wildman–Crippen MR) is 120 cm³/mol. The van der Waals surface area contributed by atoms with Crippen molar-refractivity contribution >= 4 is 17.7 Å². The summed E-state index contributed by atoms with van der Waals surface area (Å²) in [7, 11) is 0. The maximum absolute atomic E-state index is 12.7. The number of imide groups is 1. The summed E-state index contributed by atoms with van der Waals surface area (Å²) in [5.41, 5.74) is 2.76. The number of unbranched alkanes of at least 4 members (excludes halogenated alkanes) is 2. The van der Waals surface area contributed by atoms with Gasteiger partial charge in [-0.2, -0.15) is 0 Å². The van der Waals surface area contributed by atoms with Gasteiger partial charge in [0.05, 0.1) is 6.61 Å². The Hall–Kier alpha value is -3.19.